The summed E-state index contributed by atoms with van der Waals surface area (Å²) in [7, 11) is -0.609. The first-order chi connectivity index (χ1) is 11.8. The Hall–Kier alpha value is -2.24. The van der Waals surface area contributed by atoms with Crippen molar-refractivity contribution in [3.8, 4) is 0 Å². The first-order valence-corrected chi connectivity index (χ1v) is 9.67. The highest BCUT2D eigenvalue weighted by Gasteiger charge is 2.18. The number of nitrogens with zero attached hydrogens (tertiary/aromatic N) is 1. The van der Waals surface area contributed by atoms with Crippen LogP contribution >= 0.6 is 7.92 Å². The molecule has 0 spiro atoms. The van der Waals surface area contributed by atoms with Crippen LogP contribution in [0.1, 0.15) is 20.3 Å². The maximum atomic E-state index is 4.88. The number of rotatable bonds is 5. The monoisotopic (exact) mass is 331 g/mol. The molecule has 3 aromatic rings. The summed E-state index contributed by atoms with van der Waals surface area (Å²) in [5.74, 6) is 0. The van der Waals surface area contributed by atoms with Crippen molar-refractivity contribution in [1.82, 2.24) is 0 Å². The zero-order chi connectivity index (χ0) is 16.8. The van der Waals surface area contributed by atoms with Crippen LogP contribution in [0.5, 0.6) is 0 Å². The van der Waals surface area contributed by atoms with Crippen LogP contribution in [0.25, 0.3) is 0 Å². The molecule has 0 atom stereocenters. The van der Waals surface area contributed by atoms with E-state index in [4.69, 9.17) is 4.99 Å². The van der Waals surface area contributed by atoms with Crippen molar-refractivity contribution in [1.29, 1.82) is 0 Å². The fourth-order valence-electron chi connectivity index (χ4n) is 2.61. The Morgan fingerprint density at radius 1 is 0.750 bits per heavy atom. The van der Waals surface area contributed by atoms with Crippen LogP contribution in [0.2, 0.25) is 0 Å². The van der Waals surface area contributed by atoms with Gasteiger partial charge in [0.2, 0.25) is 0 Å². The van der Waals surface area contributed by atoms with E-state index < -0.39 is 7.92 Å². The Kier molecular flexibility index (Phi) is 5.56. The average Bonchev–Trinajstić information content (AvgIpc) is 2.65. The second-order valence-corrected chi connectivity index (χ2v) is 7.88. The van der Waals surface area contributed by atoms with E-state index in [0.29, 0.717) is 0 Å². The molecule has 3 aromatic carbocycles. The van der Waals surface area contributed by atoms with Crippen molar-refractivity contribution in [3.05, 3.63) is 84.9 Å². The van der Waals surface area contributed by atoms with E-state index in [1.54, 1.807) is 0 Å². The molecule has 0 aliphatic carbocycles. The maximum Gasteiger partial charge on any atom is 0.0712 e. The zero-order valence-corrected chi connectivity index (χ0v) is 15.1. The minimum absolute atomic E-state index is 0.609. The minimum Gasteiger partial charge on any atom is -0.257 e. The molecular formula is C22H22NP. The van der Waals surface area contributed by atoms with Gasteiger partial charge in [0.15, 0.2) is 0 Å². The summed E-state index contributed by atoms with van der Waals surface area (Å²) in [6, 6.07) is 30.1. The number of hydrogen-bond donors (Lipinski definition) is 0. The lowest BCUT2D eigenvalue weighted by Crippen LogP contribution is -2.20. The third kappa shape index (κ3) is 3.80. The second-order valence-electron chi connectivity index (χ2n) is 5.70. The maximum absolute atomic E-state index is 4.88. The topological polar surface area (TPSA) is 12.4 Å². The summed E-state index contributed by atoms with van der Waals surface area (Å²) in [4.78, 5) is 4.88. The summed E-state index contributed by atoms with van der Waals surface area (Å²) in [5, 5.41) is 4.03. The number of hydrogen-bond acceptors (Lipinski definition) is 1. The van der Waals surface area contributed by atoms with Crippen molar-refractivity contribution in [3.63, 3.8) is 0 Å². The van der Waals surface area contributed by atoms with Gasteiger partial charge in [-0.15, -0.1) is 0 Å². The molecule has 0 unspecified atom stereocenters. The van der Waals surface area contributed by atoms with Gasteiger partial charge in [-0.25, -0.2) is 0 Å². The van der Waals surface area contributed by atoms with Gasteiger partial charge in [0.25, 0.3) is 0 Å². The zero-order valence-electron chi connectivity index (χ0n) is 14.2. The normalized spacial score (nSPS) is 11.7. The predicted molar refractivity (Wildman–Crippen MR) is 108 cm³/mol. The Morgan fingerprint density at radius 2 is 1.25 bits per heavy atom. The van der Waals surface area contributed by atoms with Crippen molar-refractivity contribution in [2.75, 3.05) is 0 Å². The molecule has 120 valence electrons. The molecule has 0 aliphatic heterocycles. The molecule has 0 aromatic heterocycles. The fraction of sp³-hybridized carbons (Fsp3) is 0.136. The van der Waals surface area contributed by atoms with Crippen molar-refractivity contribution < 1.29 is 0 Å². The lowest BCUT2D eigenvalue weighted by atomic mass is 10.3. The van der Waals surface area contributed by atoms with E-state index in [1.165, 1.54) is 21.6 Å². The van der Waals surface area contributed by atoms with Gasteiger partial charge in [-0.05, 0) is 37.9 Å². The molecular weight excluding hydrogens is 309 g/mol. The van der Waals surface area contributed by atoms with Crippen LogP contribution < -0.4 is 15.9 Å². The van der Waals surface area contributed by atoms with E-state index in [-0.39, 0.29) is 0 Å². The molecule has 3 rings (SSSR count). The van der Waals surface area contributed by atoms with Gasteiger partial charge in [-0.1, -0.05) is 85.8 Å². The molecule has 0 fully saturated rings. The Balaban J connectivity index is 2.18. The molecule has 0 amide bonds. The van der Waals surface area contributed by atoms with E-state index >= 15 is 0 Å². The average molecular weight is 331 g/mol. The van der Waals surface area contributed by atoms with E-state index in [2.05, 4.69) is 98.8 Å². The standard InChI is InChI=1S/C22H22NP/c1-3-18(2)23-21-16-10-11-17-22(21)24(19-12-6-4-7-13-19)20-14-8-5-9-15-20/h4-17H,3H2,1-2H3. The van der Waals surface area contributed by atoms with Crippen LogP contribution in [0.3, 0.4) is 0 Å². The van der Waals surface area contributed by atoms with Crippen LogP contribution in [-0.4, -0.2) is 5.71 Å². The summed E-state index contributed by atoms with van der Waals surface area (Å²) in [6.45, 7) is 4.25. The van der Waals surface area contributed by atoms with Gasteiger partial charge in [-0.2, -0.15) is 0 Å². The van der Waals surface area contributed by atoms with E-state index in [1.807, 2.05) is 0 Å². The number of para-hydroxylation sites is 1. The van der Waals surface area contributed by atoms with E-state index in [0.717, 1.165) is 12.1 Å². The summed E-state index contributed by atoms with van der Waals surface area (Å²) in [5.41, 5.74) is 2.26. The summed E-state index contributed by atoms with van der Waals surface area (Å²) in [6.07, 6.45) is 0.975. The third-order valence-electron chi connectivity index (χ3n) is 3.97. The molecule has 1 nitrogen and oxygen atoms in total. The smallest absolute Gasteiger partial charge is 0.0712 e. The lowest BCUT2D eigenvalue weighted by molar-refractivity contribution is 1.25. The quantitative estimate of drug-likeness (QED) is 0.463. The van der Waals surface area contributed by atoms with Crippen molar-refractivity contribution in [2.45, 2.75) is 20.3 Å². The molecule has 0 aliphatic rings. The molecule has 0 saturated carbocycles. The lowest BCUT2D eigenvalue weighted by Gasteiger charge is -2.21. The molecule has 0 heterocycles. The van der Waals surface area contributed by atoms with Gasteiger partial charge in [0.1, 0.15) is 0 Å². The first-order valence-electron chi connectivity index (χ1n) is 8.33. The van der Waals surface area contributed by atoms with Crippen LogP contribution in [0, 0.1) is 0 Å². The highest BCUT2D eigenvalue weighted by atomic mass is 31.1. The van der Waals surface area contributed by atoms with Crippen molar-refractivity contribution >= 4 is 35.2 Å². The summed E-state index contributed by atoms with van der Waals surface area (Å²) >= 11 is 0. The molecule has 0 bridgehead atoms. The van der Waals surface area contributed by atoms with E-state index in [9.17, 15) is 0 Å². The first kappa shape index (κ1) is 16.6. The highest BCUT2D eigenvalue weighted by Crippen LogP contribution is 2.36. The molecule has 0 saturated heterocycles. The fourth-order valence-corrected chi connectivity index (χ4v) is 5.00. The number of benzene rings is 3. The Bertz CT molecular complexity index is 770. The second kappa shape index (κ2) is 8.04. The predicted octanol–water partition coefficient (Wildman–Crippen LogP) is 4.95. The van der Waals surface area contributed by atoms with Gasteiger partial charge in [-0.3, -0.25) is 4.99 Å². The SMILES string of the molecule is CCC(C)=Nc1ccccc1P(c1ccccc1)c1ccccc1. The van der Waals surface area contributed by atoms with Gasteiger partial charge in [0.05, 0.1) is 5.69 Å². The number of aliphatic imine (C=N–C) groups is 1. The highest BCUT2D eigenvalue weighted by molar-refractivity contribution is 7.80. The van der Waals surface area contributed by atoms with Crippen LogP contribution in [0.15, 0.2) is 89.9 Å². The van der Waals surface area contributed by atoms with Gasteiger partial charge < -0.3 is 0 Å². The third-order valence-corrected chi connectivity index (χ3v) is 6.46. The van der Waals surface area contributed by atoms with Crippen molar-refractivity contribution in [2.24, 2.45) is 4.99 Å². The summed E-state index contributed by atoms with van der Waals surface area (Å²) < 4.78 is 0. The van der Waals surface area contributed by atoms with Crippen LogP contribution in [-0.2, 0) is 0 Å². The Morgan fingerprint density at radius 3 is 1.79 bits per heavy atom. The Labute approximate surface area is 145 Å². The van der Waals surface area contributed by atoms with Gasteiger partial charge >= 0.3 is 0 Å². The molecule has 0 N–H and O–H groups in total. The van der Waals surface area contributed by atoms with Gasteiger partial charge in [0, 0.05) is 11.0 Å². The molecule has 24 heavy (non-hydrogen) atoms. The molecule has 2 heteroatoms. The minimum atomic E-state index is -0.609. The largest absolute Gasteiger partial charge is 0.257 e. The van der Waals surface area contributed by atoms with Crippen LogP contribution in [0.4, 0.5) is 5.69 Å². The molecule has 0 radical (unpaired) electrons.